The number of aliphatic hydroxyl groups excluding tert-OH is 1. The maximum atomic E-state index is 12.1. The molecule has 6 atom stereocenters. The quantitative estimate of drug-likeness (QED) is 0.287. The molecule has 0 aliphatic carbocycles. The van der Waals surface area contributed by atoms with Crippen molar-refractivity contribution in [3.05, 3.63) is 87.3 Å². The summed E-state index contributed by atoms with van der Waals surface area (Å²) in [5.74, 6) is 1.02. The van der Waals surface area contributed by atoms with Gasteiger partial charge in [-0.3, -0.25) is 0 Å². The van der Waals surface area contributed by atoms with Gasteiger partial charge in [-0.2, -0.15) is 5.10 Å². The lowest BCUT2D eigenvalue weighted by molar-refractivity contribution is -0.319. The van der Waals surface area contributed by atoms with Crippen LogP contribution in [0.3, 0.4) is 0 Å². The molecule has 2 aromatic carbocycles. The molecule has 12 nitrogen and oxygen atoms in total. The second-order valence-corrected chi connectivity index (χ2v) is 13.2. The van der Waals surface area contributed by atoms with Gasteiger partial charge in [-0.25, -0.2) is 24.3 Å². The third-order valence-electron chi connectivity index (χ3n) is 7.86. The van der Waals surface area contributed by atoms with Gasteiger partial charge in [0.2, 0.25) is 0 Å². The summed E-state index contributed by atoms with van der Waals surface area (Å²) in [5, 5.41) is 29.6. The lowest BCUT2D eigenvalue weighted by Crippen LogP contribution is -2.57. The van der Waals surface area contributed by atoms with Crippen molar-refractivity contribution in [3.8, 4) is 17.1 Å². The molecule has 44 heavy (non-hydrogen) atoms. The maximum Gasteiger partial charge on any atom is 0.184 e. The van der Waals surface area contributed by atoms with Gasteiger partial charge in [-0.05, 0) is 39.0 Å². The standard InChI is InChI=1S/C30H28N8O4S2/c1-15-31-29(38(35-15)19-9-10-20-24(11-19)44-17(3)33-20)28-26(39)25(37-12-21(34-36-37)22-14-43-16(2)32-22)27-23(41-28)13-40-30(42-27)18-7-5-4-6-8-18/h4-12,14,23,25-28,30,39H,13H2,1-3H3/t23?,25-,26?,27+,28-,30?/m1/s1. The highest BCUT2D eigenvalue weighted by molar-refractivity contribution is 7.18. The Morgan fingerprint density at radius 2 is 1.82 bits per heavy atom. The number of hydrogen-bond acceptors (Lipinski definition) is 12. The van der Waals surface area contributed by atoms with E-state index in [4.69, 9.17) is 24.3 Å². The molecule has 1 N–H and O–H groups in total. The number of fused-ring (bicyclic) bond motifs is 2. The normalized spacial score (nSPS) is 25.4. The fraction of sp³-hybridized carbons (Fsp3) is 0.333. The lowest BCUT2D eigenvalue weighted by atomic mass is 9.91. The summed E-state index contributed by atoms with van der Waals surface area (Å²) in [4.78, 5) is 13.9. The lowest BCUT2D eigenvalue weighted by Gasteiger charge is -2.47. The van der Waals surface area contributed by atoms with Gasteiger partial charge in [0.1, 0.15) is 47.7 Å². The number of aliphatic hydroxyl groups is 1. The summed E-state index contributed by atoms with van der Waals surface area (Å²) in [6, 6.07) is 15.0. The van der Waals surface area contributed by atoms with Gasteiger partial charge in [0.05, 0.1) is 38.7 Å². The molecule has 2 saturated heterocycles. The summed E-state index contributed by atoms with van der Waals surface area (Å²) < 4.78 is 23.7. The molecule has 0 spiro atoms. The summed E-state index contributed by atoms with van der Waals surface area (Å²) in [5.41, 5.74) is 3.94. The fourth-order valence-corrected chi connectivity index (χ4v) is 7.37. The van der Waals surface area contributed by atoms with Crippen LogP contribution in [0.1, 0.15) is 45.7 Å². The highest BCUT2D eigenvalue weighted by atomic mass is 32.1. The topological polar surface area (TPSA) is 135 Å². The van der Waals surface area contributed by atoms with Gasteiger partial charge in [0, 0.05) is 10.9 Å². The number of rotatable bonds is 5. The Balaban J connectivity index is 1.19. The minimum atomic E-state index is -1.12. The molecule has 0 saturated carbocycles. The van der Waals surface area contributed by atoms with Crippen molar-refractivity contribution in [1.82, 2.24) is 39.7 Å². The van der Waals surface area contributed by atoms with E-state index >= 15 is 0 Å². The molecular formula is C30H28N8O4S2. The van der Waals surface area contributed by atoms with Crippen molar-refractivity contribution in [2.45, 2.75) is 57.5 Å². The van der Waals surface area contributed by atoms with Gasteiger partial charge >= 0.3 is 0 Å². The van der Waals surface area contributed by atoms with Crippen LogP contribution >= 0.6 is 22.7 Å². The minimum Gasteiger partial charge on any atom is -0.388 e. The SMILES string of the molecule is Cc1nc([C@@H]2OC3COC(c4ccccc4)O[C@@H]3[C@H](n3cc(-c4csc(C)n4)nn3)C2O)n(-c2ccc3nc(C)sc3c2)n1. The minimum absolute atomic E-state index is 0.246. The summed E-state index contributed by atoms with van der Waals surface area (Å²) in [7, 11) is 0. The highest BCUT2D eigenvalue weighted by Gasteiger charge is 2.52. The van der Waals surface area contributed by atoms with E-state index in [2.05, 4.69) is 20.3 Å². The van der Waals surface area contributed by atoms with Crippen molar-refractivity contribution in [3.63, 3.8) is 0 Å². The van der Waals surface area contributed by atoms with Crippen LogP contribution in [0.2, 0.25) is 0 Å². The Hall–Kier alpha value is -3.92. The number of aromatic nitrogens is 8. The summed E-state index contributed by atoms with van der Waals surface area (Å²) >= 11 is 3.16. The van der Waals surface area contributed by atoms with E-state index in [1.807, 2.05) is 74.7 Å². The molecule has 2 aliphatic heterocycles. The zero-order valence-corrected chi connectivity index (χ0v) is 25.6. The number of hydrogen-bond donors (Lipinski definition) is 1. The molecule has 0 radical (unpaired) electrons. The zero-order valence-electron chi connectivity index (χ0n) is 24.0. The molecule has 8 rings (SSSR count). The fourth-order valence-electron chi connectivity index (χ4n) is 5.90. The van der Waals surface area contributed by atoms with Crippen molar-refractivity contribution in [2.75, 3.05) is 6.61 Å². The first-order valence-corrected chi connectivity index (χ1v) is 15.9. The smallest absolute Gasteiger partial charge is 0.184 e. The first kappa shape index (κ1) is 27.6. The molecular weight excluding hydrogens is 601 g/mol. The van der Waals surface area contributed by atoms with Crippen LogP contribution in [0, 0.1) is 20.8 Å². The molecule has 6 aromatic rings. The number of thiazole rings is 2. The van der Waals surface area contributed by atoms with E-state index in [0.29, 0.717) is 17.3 Å². The Kier molecular flexibility index (Phi) is 6.85. The van der Waals surface area contributed by atoms with Gasteiger partial charge in [0.15, 0.2) is 12.1 Å². The van der Waals surface area contributed by atoms with Gasteiger partial charge < -0.3 is 19.3 Å². The van der Waals surface area contributed by atoms with Crippen molar-refractivity contribution < 1.29 is 19.3 Å². The van der Waals surface area contributed by atoms with Crippen LogP contribution in [0.5, 0.6) is 0 Å². The van der Waals surface area contributed by atoms with Crippen LogP contribution in [0.4, 0.5) is 0 Å². The van der Waals surface area contributed by atoms with E-state index < -0.39 is 36.7 Å². The van der Waals surface area contributed by atoms with E-state index in [1.165, 1.54) is 0 Å². The van der Waals surface area contributed by atoms with E-state index in [9.17, 15) is 5.11 Å². The predicted octanol–water partition coefficient (Wildman–Crippen LogP) is 4.67. The number of benzene rings is 2. The van der Waals surface area contributed by atoms with Crippen LogP contribution in [-0.4, -0.2) is 69.8 Å². The van der Waals surface area contributed by atoms with Gasteiger partial charge in [-0.1, -0.05) is 35.5 Å². The second-order valence-electron chi connectivity index (χ2n) is 10.9. The van der Waals surface area contributed by atoms with Crippen LogP contribution in [-0.2, 0) is 14.2 Å². The average Bonchev–Trinajstić information content (AvgIpc) is 3.83. The molecule has 2 aliphatic rings. The Bertz CT molecular complexity index is 1950. The van der Waals surface area contributed by atoms with Crippen molar-refractivity contribution >= 4 is 32.9 Å². The van der Waals surface area contributed by atoms with Crippen LogP contribution in [0.15, 0.2) is 60.1 Å². The number of aryl methyl sites for hydroxylation is 3. The Morgan fingerprint density at radius 1 is 0.955 bits per heavy atom. The number of ether oxygens (including phenoxy) is 3. The molecule has 0 amide bonds. The summed E-state index contributed by atoms with van der Waals surface area (Å²) in [6.07, 6.45) is -1.93. The molecule has 14 heteroatoms. The Labute approximate surface area is 259 Å². The molecule has 0 bridgehead atoms. The highest BCUT2D eigenvalue weighted by Crippen LogP contribution is 2.44. The number of nitrogens with zero attached hydrogens (tertiary/aromatic N) is 8. The molecule has 2 fully saturated rings. The maximum absolute atomic E-state index is 12.1. The monoisotopic (exact) mass is 628 g/mol. The predicted molar refractivity (Wildman–Crippen MR) is 163 cm³/mol. The van der Waals surface area contributed by atoms with E-state index in [0.717, 1.165) is 37.2 Å². The molecule has 3 unspecified atom stereocenters. The van der Waals surface area contributed by atoms with Gasteiger partial charge in [0.25, 0.3) is 0 Å². The van der Waals surface area contributed by atoms with Crippen molar-refractivity contribution in [2.24, 2.45) is 0 Å². The van der Waals surface area contributed by atoms with Gasteiger partial charge in [-0.15, -0.1) is 27.8 Å². The molecule has 4 aromatic heterocycles. The van der Waals surface area contributed by atoms with Crippen LogP contribution in [0.25, 0.3) is 27.3 Å². The van der Waals surface area contributed by atoms with Crippen molar-refractivity contribution in [1.29, 1.82) is 0 Å². The Morgan fingerprint density at radius 3 is 2.64 bits per heavy atom. The van der Waals surface area contributed by atoms with Crippen LogP contribution < -0.4 is 0 Å². The van der Waals surface area contributed by atoms with E-state index in [-0.39, 0.29) is 6.61 Å². The third kappa shape index (κ3) is 4.83. The first-order valence-electron chi connectivity index (χ1n) is 14.2. The first-order chi connectivity index (χ1) is 21.4. The molecule has 224 valence electrons. The third-order valence-corrected chi connectivity index (χ3v) is 9.57. The zero-order chi connectivity index (χ0) is 29.9. The molecule has 6 heterocycles. The average molecular weight is 629 g/mol. The largest absolute Gasteiger partial charge is 0.388 e. The summed E-state index contributed by atoms with van der Waals surface area (Å²) in [6.45, 7) is 6.00. The van der Waals surface area contributed by atoms with E-state index in [1.54, 1.807) is 38.2 Å². The second kappa shape index (κ2) is 10.9.